The van der Waals surface area contributed by atoms with Gasteiger partial charge in [-0.05, 0) is 51.7 Å². The zero-order valence-electron chi connectivity index (χ0n) is 14.6. The van der Waals surface area contributed by atoms with Crippen molar-refractivity contribution in [1.29, 1.82) is 0 Å². The van der Waals surface area contributed by atoms with Gasteiger partial charge in [0.15, 0.2) is 5.82 Å². The highest BCUT2D eigenvalue weighted by molar-refractivity contribution is 5.94. The molecule has 0 aliphatic carbocycles. The number of hydrogen-bond acceptors (Lipinski definition) is 6. The molecule has 7 heteroatoms. The van der Waals surface area contributed by atoms with Crippen molar-refractivity contribution < 1.29 is 14.1 Å². The number of pyridine rings is 1. The Hall–Kier alpha value is -2.28. The Labute approximate surface area is 146 Å². The lowest BCUT2D eigenvalue weighted by Crippen LogP contribution is -2.46. The van der Waals surface area contributed by atoms with Crippen molar-refractivity contribution in [2.75, 3.05) is 13.1 Å². The van der Waals surface area contributed by atoms with Crippen LogP contribution >= 0.6 is 0 Å². The second-order valence-corrected chi connectivity index (χ2v) is 6.99. The SMILES string of the molecule is Cc1ccc(C(=O)N2CCC3(CC[C@@H](c4nc(C)no4)O3)CC2)cn1. The number of carbonyl (C=O) groups excluding carboxylic acids is 1. The van der Waals surface area contributed by atoms with Gasteiger partial charge in [0.05, 0.1) is 11.2 Å². The zero-order chi connectivity index (χ0) is 17.4. The Morgan fingerprint density at radius 1 is 1.24 bits per heavy atom. The fourth-order valence-corrected chi connectivity index (χ4v) is 3.69. The van der Waals surface area contributed by atoms with E-state index in [0.717, 1.165) is 31.4 Å². The van der Waals surface area contributed by atoms with Crippen LogP contribution < -0.4 is 0 Å². The summed E-state index contributed by atoms with van der Waals surface area (Å²) >= 11 is 0. The third kappa shape index (κ3) is 3.16. The first kappa shape index (κ1) is 16.2. The van der Waals surface area contributed by atoms with Gasteiger partial charge in [0.1, 0.15) is 6.10 Å². The molecule has 0 bridgehead atoms. The van der Waals surface area contributed by atoms with Gasteiger partial charge in [0.25, 0.3) is 11.8 Å². The molecule has 4 rings (SSSR count). The van der Waals surface area contributed by atoms with Gasteiger partial charge in [0, 0.05) is 25.0 Å². The Kier molecular flexibility index (Phi) is 4.03. The van der Waals surface area contributed by atoms with Gasteiger partial charge < -0.3 is 14.2 Å². The zero-order valence-corrected chi connectivity index (χ0v) is 14.6. The second-order valence-electron chi connectivity index (χ2n) is 6.99. The average molecular weight is 342 g/mol. The molecule has 4 heterocycles. The highest BCUT2D eigenvalue weighted by atomic mass is 16.5. The highest BCUT2D eigenvalue weighted by Crippen LogP contribution is 2.44. The quantitative estimate of drug-likeness (QED) is 0.834. The van der Waals surface area contributed by atoms with Crippen molar-refractivity contribution in [2.24, 2.45) is 0 Å². The number of carbonyl (C=O) groups is 1. The molecule has 132 valence electrons. The van der Waals surface area contributed by atoms with Crippen molar-refractivity contribution in [3.63, 3.8) is 0 Å². The number of nitrogens with zero attached hydrogens (tertiary/aromatic N) is 4. The number of ether oxygens (including phenoxy) is 1. The molecule has 25 heavy (non-hydrogen) atoms. The summed E-state index contributed by atoms with van der Waals surface area (Å²) in [6.07, 6.45) is 5.06. The van der Waals surface area contributed by atoms with Crippen LogP contribution in [0, 0.1) is 13.8 Å². The van der Waals surface area contributed by atoms with Gasteiger partial charge in [-0.1, -0.05) is 5.16 Å². The lowest BCUT2D eigenvalue weighted by atomic mass is 9.88. The van der Waals surface area contributed by atoms with Gasteiger partial charge in [-0.15, -0.1) is 0 Å². The first-order valence-corrected chi connectivity index (χ1v) is 8.75. The van der Waals surface area contributed by atoms with Crippen LogP contribution in [0.5, 0.6) is 0 Å². The molecule has 2 aliphatic rings. The Bertz CT molecular complexity index is 763. The third-order valence-electron chi connectivity index (χ3n) is 5.19. The van der Waals surface area contributed by atoms with Crippen molar-refractivity contribution >= 4 is 5.91 Å². The summed E-state index contributed by atoms with van der Waals surface area (Å²) in [5, 5.41) is 3.84. The summed E-state index contributed by atoms with van der Waals surface area (Å²) in [6, 6.07) is 3.71. The van der Waals surface area contributed by atoms with Crippen LogP contribution in [0.1, 0.15) is 59.6 Å². The molecular weight excluding hydrogens is 320 g/mol. The smallest absolute Gasteiger partial charge is 0.255 e. The van der Waals surface area contributed by atoms with Crippen LogP contribution in [0.15, 0.2) is 22.9 Å². The molecule has 7 nitrogen and oxygen atoms in total. The van der Waals surface area contributed by atoms with E-state index in [2.05, 4.69) is 15.1 Å². The van der Waals surface area contributed by atoms with E-state index in [9.17, 15) is 4.79 Å². The first-order chi connectivity index (χ1) is 12.0. The predicted molar refractivity (Wildman–Crippen MR) is 88.9 cm³/mol. The lowest BCUT2D eigenvalue weighted by molar-refractivity contribution is -0.0820. The minimum atomic E-state index is -0.171. The first-order valence-electron chi connectivity index (χ1n) is 8.75. The van der Waals surface area contributed by atoms with Gasteiger partial charge in [0.2, 0.25) is 0 Å². The molecule has 2 aromatic rings. The largest absolute Gasteiger partial charge is 0.362 e. The Morgan fingerprint density at radius 3 is 2.68 bits per heavy atom. The number of rotatable bonds is 2. The van der Waals surface area contributed by atoms with Crippen molar-refractivity contribution in [2.45, 2.75) is 51.2 Å². The third-order valence-corrected chi connectivity index (χ3v) is 5.19. The molecule has 2 fully saturated rings. The average Bonchev–Trinajstić information content (AvgIpc) is 3.23. The summed E-state index contributed by atoms with van der Waals surface area (Å²) in [7, 11) is 0. The summed E-state index contributed by atoms with van der Waals surface area (Å²) in [5.41, 5.74) is 1.39. The maximum absolute atomic E-state index is 12.6. The minimum Gasteiger partial charge on any atom is -0.362 e. The predicted octanol–water partition coefficient (Wildman–Crippen LogP) is 2.61. The van der Waals surface area contributed by atoms with Crippen LogP contribution in [0.3, 0.4) is 0 Å². The van der Waals surface area contributed by atoms with Crippen LogP contribution in [-0.2, 0) is 4.74 Å². The van der Waals surface area contributed by atoms with E-state index < -0.39 is 0 Å². The second kappa shape index (κ2) is 6.22. The summed E-state index contributed by atoms with van der Waals surface area (Å²) in [6.45, 7) is 5.12. The van der Waals surface area contributed by atoms with E-state index in [1.807, 2.05) is 30.9 Å². The molecule has 0 aromatic carbocycles. The molecule has 2 aromatic heterocycles. The molecule has 2 aliphatic heterocycles. The molecule has 0 radical (unpaired) electrons. The Morgan fingerprint density at radius 2 is 2.04 bits per heavy atom. The monoisotopic (exact) mass is 342 g/mol. The molecular formula is C18H22N4O3. The van der Waals surface area contributed by atoms with Crippen LogP contribution in [0.2, 0.25) is 0 Å². The summed E-state index contributed by atoms with van der Waals surface area (Å²) in [5.74, 6) is 1.25. The Balaban J connectivity index is 1.38. The number of aromatic nitrogens is 3. The van der Waals surface area contributed by atoms with Crippen LogP contribution in [-0.4, -0.2) is 44.6 Å². The van der Waals surface area contributed by atoms with E-state index in [4.69, 9.17) is 9.26 Å². The van der Waals surface area contributed by atoms with Gasteiger partial charge >= 0.3 is 0 Å². The van der Waals surface area contributed by atoms with E-state index in [0.29, 0.717) is 30.4 Å². The molecule has 1 amide bonds. The fourth-order valence-electron chi connectivity index (χ4n) is 3.69. The van der Waals surface area contributed by atoms with Crippen LogP contribution in [0.4, 0.5) is 0 Å². The molecule has 1 spiro atoms. The number of aryl methyl sites for hydroxylation is 2. The molecule has 0 saturated carbocycles. The van der Waals surface area contributed by atoms with Gasteiger partial charge in [-0.25, -0.2) is 0 Å². The van der Waals surface area contributed by atoms with Gasteiger partial charge in [-0.3, -0.25) is 9.78 Å². The van der Waals surface area contributed by atoms with Crippen molar-refractivity contribution in [1.82, 2.24) is 20.0 Å². The van der Waals surface area contributed by atoms with E-state index in [-0.39, 0.29) is 17.6 Å². The van der Waals surface area contributed by atoms with Crippen LogP contribution in [0.25, 0.3) is 0 Å². The van der Waals surface area contributed by atoms with E-state index >= 15 is 0 Å². The summed E-state index contributed by atoms with van der Waals surface area (Å²) in [4.78, 5) is 23.0. The number of likely N-dealkylation sites (tertiary alicyclic amines) is 1. The van der Waals surface area contributed by atoms with Gasteiger partial charge in [-0.2, -0.15) is 4.98 Å². The number of piperidine rings is 1. The number of amides is 1. The van der Waals surface area contributed by atoms with Crippen molar-refractivity contribution in [3.05, 3.63) is 41.3 Å². The van der Waals surface area contributed by atoms with E-state index in [1.54, 1.807) is 6.20 Å². The molecule has 0 unspecified atom stereocenters. The summed E-state index contributed by atoms with van der Waals surface area (Å²) < 4.78 is 11.5. The highest BCUT2D eigenvalue weighted by Gasteiger charge is 2.45. The molecule has 0 N–H and O–H groups in total. The maximum atomic E-state index is 12.6. The maximum Gasteiger partial charge on any atom is 0.255 e. The normalized spacial score (nSPS) is 22.5. The molecule has 2 saturated heterocycles. The number of hydrogen-bond donors (Lipinski definition) is 0. The minimum absolute atomic E-state index is 0.0458. The van der Waals surface area contributed by atoms with E-state index in [1.165, 1.54) is 0 Å². The standard InChI is InChI=1S/C18H22N4O3/c1-12-3-4-14(11-19-12)17(23)22-9-7-18(8-10-22)6-5-15(24-18)16-20-13(2)21-25-16/h3-4,11,15H,5-10H2,1-2H3/t15-/m0/s1. The molecule has 1 atom stereocenters. The lowest BCUT2D eigenvalue weighted by Gasteiger charge is -2.39. The fraction of sp³-hybridized carbons (Fsp3) is 0.556. The topological polar surface area (TPSA) is 81.4 Å². The van der Waals surface area contributed by atoms with Crippen molar-refractivity contribution in [3.8, 4) is 0 Å².